The molecule has 0 saturated heterocycles. The minimum absolute atomic E-state index is 0.0389. The summed E-state index contributed by atoms with van der Waals surface area (Å²) in [5, 5.41) is 0. The van der Waals surface area contributed by atoms with Crippen LogP contribution in [0.1, 0.15) is 24.5 Å². The normalized spacial score (nSPS) is 12.2. The Morgan fingerprint density at radius 3 is 2.59 bits per heavy atom. The van der Waals surface area contributed by atoms with Crippen molar-refractivity contribution >= 4 is 11.6 Å². The fraction of sp³-hybridized carbons (Fsp3) is 0.412. The highest BCUT2D eigenvalue weighted by atomic mass is 16.2. The largest absolute Gasteiger partial charge is 0.337 e. The Hall–Kier alpha value is -2.14. The zero-order chi connectivity index (χ0) is 16.1. The van der Waals surface area contributed by atoms with Gasteiger partial charge in [-0.1, -0.05) is 18.2 Å². The highest BCUT2D eigenvalue weighted by Crippen LogP contribution is 2.25. The third-order valence-electron chi connectivity index (χ3n) is 3.72. The molecule has 0 aliphatic rings. The zero-order valence-electron chi connectivity index (χ0n) is 13.5. The van der Waals surface area contributed by atoms with Crippen LogP contribution in [0, 0.1) is 13.8 Å². The molecular weight excluding hydrogens is 276 g/mol. The van der Waals surface area contributed by atoms with Crippen LogP contribution in [0.25, 0.3) is 0 Å². The van der Waals surface area contributed by atoms with Crippen molar-refractivity contribution in [2.24, 2.45) is 5.73 Å². The van der Waals surface area contributed by atoms with Crippen LogP contribution in [-0.4, -0.2) is 28.0 Å². The summed E-state index contributed by atoms with van der Waals surface area (Å²) in [7, 11) is 0. The van der Waals surface area contributed by atoms with E-state index < -0.39 is 6.04 Å². The first kappa shape index (κ1) is 16.2. The minimum atomic E-state index is -0.507. The van der Waals surface area contributed by atoms with E-state index in [2.05, 4.69) is 4.98 Å². The zero-order valence-corrected chi connectivity index (χ0v) is 13.5. The number of anilines is 1. The molecule has 2 aromatic rings. The molecule has 1 atom stereocenters. The molecule has 1 heterocycles. The summed E-state index contributed by atoms with van der Waals surface area (Å²) in [5.41, 5.74) is 9.00. The van der Waals surface area contributed by atoms with E-state index in [1.807, 2.05) is 47.7 Å². The lowest BCUT2D eigenvalue weighted by atomic mass is 10.1. The molecule has 5 heteroatoms. The maximum Gasteiger partial charge on any atom is 0.243 e. The van der Waals surface area contributed by atoms with E-state index in [0.29, 0.717) is 6.54 Å². The van der Waals surface area contributed by atoms with Gasteiger partial charge in [-0.2, -0.15) is 0 Å². The number of hydrogen-bond acceptors (Lipinski definition) is 3. The van der Waals surface area contributed by atoms with Crippen LogP contribution in [0.4, 0.5) is 5.69 Å². The third-order valence-corrected chi connectivity index (χ3v) is 3.72. The standard InChI is InChI=1S/C17H24N4O/c1-13-6-4-7-14(2)16(13)21(17(22)15(3)18)10-5-9-20-11-8-19-12-20/h4,6-8,11-12,15H,5,9-10,18H2,1-3H3. The first-order chi connectivity index (χ1) is 10.5. The first-order valence-corrected chi connectivity index (χ1v) is 7.59. The van der Waals surface area contributed by atoms with Gasteiger partial charge in [-0.3, -0.25) is 4.79 Å². The van der Waals surface area contributed by atoms with E-state index in [-0.39, 0.29) is 5.91 Å². The van der Waals surface area contributed by atoms with Crippen LogP contribution >= 0.6 is 0 Å². The van der Waals surface area contributed by atoms with Crippen LogP contribution in [0.15, 0.2) is 36.9 Å². The Bertz CT molecular complexity index is 599. The second-order valence-electron chi connectivity index (χ2n) is 5.67. The molecule has 1 aromatic heterocycles. The topological polar surface area (TPSA) is 64.2 Å². The lowest BCUT2D eigenvalue weighted by Gasteiger charge is -2.28. The maximum atomic E-state index is 12.5. The molecule has 2 rings (SSSR count). The highest BCUT2D eigenvalue weighted by molar-refractivity contribution is 5.98. The molecule has 0 aliphatic carbocycles. The fourth-order valence-corrected chi connectivity index (χ4v) is 2.64. The van der Waals surface area contributed by atoms with Crippen molar-refractivity contribution in [3.05, 3.63) is 48.0 Å². The molecule has 1 unspecified atom stereocenters. The number of hydrogen-bond donors (Lipinski definition) is 1. The van der Waals surface area contributed by atoms with Crippen LogP contribution in [0.3, 0.4) is 0 Å². The molecule has 0 aliphatic heterocycles. The van der Waals surface area contributed by atoms with Gasteiger partial charge < -0.3 is 15.2 Å². The fourth-order valence-electron chi connectivity index (χ4n) is 2.64. The average Bonchev–Trinajstić information content (AvgIpc) is 2.97. The molecule has 1 amide bonds. The van der Waals surface area contributed by atoms with Crippen molar-refractivity contribution < 1.29 is 4.79 Å². The van der Waals surface area contributed by atoms with Gasteiger partial charge in [0.1, 0.15) is 0 Å². The van der Waals surface area contributed by atoms with E-state index in [9.17, 15) is 4.79 Å². The third kappa shape index (κ3) is 3.74. The Balaban J connectivity index is 2.17. The van der Waals surface area contributed by atoms with Crippen molar-refractivity contribution in [1.82, 2.24) is 9.55 Å². The summed E-state index contributed by atoms with van der Waals surface area (Å²) < 4.78 is 2.01. The lowest BCUT2D eigenvalue weighted by molar-refractivity contribution is -0.119. The van der Waals surface area contributed by atoms with Gasteiger partial charge in [0, 0.05) is 31.2 Å². The predicted molar refractivity (Wildman–Crippen MR) is 88.8 cm³/mol. The molecule has 0 bridgehead atoms. The first-order valence-electron chi connectivity index (χ1n) is 7.59. The Kier molecular flexibility index (Phi) is 5.33. The number of amides is 1. The molecule has 0 radical (unpaired) electrons. The van der Waals surface area contributed by atoms with Crippen molar-refractivity contribution in [3.63, 3.8) is 0 Å². The number of carbonyl (C=O) groups is 1. The summed E-state index contributed by atoms with van der Waals surface area (Å²) in [5.74, 6) is -0.0389. The van der Waals surface area contributed by atoms with Gasteiger partial charge in [-0.05, 0) is 38.3 Å². The highest BCUT2D eigenvalue weighted by Gasteiger charge is 2.21. The Morgan fingerprint density at radius 2 is 2.05 bits per heavy atom. The second kappa shape index (κ2) is 7.22. The summed E-state index contributed by atoms with van der Waals surface area (Å²) in [6, 6.07) is 5.56. The van der Waals surface area contributed by atoms with E-state index in [4.69, 9.17) is 5.73 Å². The van der Waals surface area contributed by atoms with Gasteiger partial charge in [-0.15, -0.1) is 0 Å². The maximum absolute atomic E-state index is 12.5. The van der Waals surface area contributed by atoms with E-state index in [1.54, 1.807) is 19.4 Å². The van der Waals surface area contributed by atoms with Crippen molar-refractivity contribution in [3.8, 4) is 0 Å². The van der Waals surface area contributed by atoms with Crippen molar-refractivity contribution in [2.45, 2.75) is 39.8 Å². The molecule has 1 aromatic carbocycles. The summed E-state index contributed by atoms with van der Waals surface area (Å²) in [6.45, 7) is 7.26. The number of carbonyl (C=O) groups excluding carboxylic acids is 1. The van der Waals surface area contributed by atoms with E-state index in [0.717, 1.165) is 29.8 Å². The molecule has 0 fully saturated rings. The predicted octanol–water partition coefficient (Wildman–Crippen LogP) is 2.27. The van der Waals surface area contributed by atoms with Crippen LogP contribution in [0.2, 0.25) is 0 Å². The van der Waals surface area contributed by atoms with Crippen LogP contribution in [-0.2, 0) is 11.3 Å². The molecular formula is C17H24N4O. The van der Waals surface area contributed by atoms with Gasteiger partial charge in [0.05, 0.1) is 12.4 Å². The summed E-state index contributed by atoms with van der Waals surface area (Å²) in [6.07, 6.45) is 6.33. The number of para-hydroxylation sites is 1. The van der Waals surface area contributed by atoms with E-state index in [1.165, 1.54) is 0 Å². The molecule has 0 spiro atoms. The van der Waals surface area contributed by atoms with Crippen LogP contribution < -0.4 is 10.6 Å². The number of nitrogens with two attached hydrogens (primary N) is 1. The molecule has 2 N–H and O–H groups in total. The number of rotatable bonds is 6. The smallest absolute Gasteiger partial charge is 0.243 e. The number of benzene rings is 1. The Labute approximate surface area is 131 Å². The number of aryl methyl sites for hydroxylation is 3. The minimum Gasteiger partial charge on any atom is -0.337 e. The number of aromatic nitrogens is 2. The quantitative estimate of drug-likeness (QED) is 0.890. The van der Waals surface area contributed by atoms with Crippen molar-refractivity contribution in [1.29, 1.82) is 0 Å². The molecule has 5 nitrogen and oxygen atoms in total. The van der Waals surface area contributed by atoms with Gasteiger partial charge in [0.15, 0.2) is 0 Å². The summed E-state index contributed by atoms with van der Waals surface area (Å²) in [4.78, 5) is 18.4. The second-order valence-corrected chi connectivity index (χ2v) is 5.67. The van der Waals surface area contributed by atoms with Crippen LogP contribution in [0.5, 0.6) is 0 Å². The van der Waals surface area contributed by atoms with Gasteiger partial charge >= 0.3 is 0 Å². The van der Waals surface area contributed by atoms with Gasteiger partial charge in [0.2, 0.25) is 5.91 Å². The van der Waals surface area contributed by atoms with Gasteiger partial charge in [0.25, 0.3) is 0 Å². The number of imidazole rings is 1. The summed E-state index contributed by atoms with van der Waals surface area (Å²) >= 11 is 0. The molecule has 0 saturated carbocycles. The Morgan fingerprint density at radius 1 is 1.36 bits per heavy atom. The van der Waals surface area contributed by atoms with Crippen molar-refractivity contribution in [2.75, 3.05) is 11.4 Å². The lowest BCUT2D eigenvalue weighted by Crippen LogP contribution is -2.43. The van der Waals surface area contributed by atoms with Gasteiger partial charge in [-0.25, -0.2) is 4.98 Å². The molecule has 118 valence electrons. The monoisotopic (exact) mass is 300 g/mol. The SMILES string of the molecule is Cc1cccc(C)c1N(CCCn1ccnc1)C(=O)C(C)N. The number of nitrogens with zero attached hydrogens (tertiary/aromatic N) is 3. The van der Waals surface area contributed by atoms with E-state index >= 15 is 0 Å². The molecule has 22 heavy (non-hydrogen) atoms. The average molecular weight is 300 g/mol.